The van der Waals surface area contributed by atoms with E-state index in [9.17, 15) is 0 Å². The molecule has 1 fully saturated rings. The van der Waals surface area contributed by atoms with Crippen LogP contribution in [0.25, 0.3) is 11.1 Å². The first-order chi connectivity index (χ1) is 11.7. The van der Waals surface area contributed by atoms with Gasteiger partial charge in [-0.2, -0.15) is 0 Å². The standard InChI is InChI=1S/C20H24NO3/c1-15-8-10-16(11-9-15)18-7-5-4-6-17(18)12-21-13-19(22-2)24-20(14-21)23-3/h4-11,19-20H,1,12-14H2,2-3H3. The third-order valence-corrected chi connectivity index (χ3v) is 4.32. The van der Waals surface area contributed by atoms with E-state index >= 15 is 0 Å². The Morgan fingerprint density at radius 1 is 1.00 bits per heavy atom. The summed E-state index contributed by atoms with van der Waals surface area (Å²) in [6.45, 7) is 6.23. The second-order valence-electron chi connectivity index (χ2n) is 6.01. The lowest BCUT2D eigenvalue weighted by Crippen LogP contribution is -2.48. The molecule has 0 amide bonds. The molecule has 0 spiro atoms. The van der Waals surface area contributed by atoms with Crippen molar-refractivity contribution >= 4 is 0 Å². The summed E-state index contributed by atoms with van der Waals surface area (Å²) in [5, 5.41) is 0. The molecule has 3 rings (SSSR count). The molecule has 127 valence electrons. The number of rotatable bonds is 5. The van der Waals surface area contributed by atoms with Crippen LogP contribution in [0.15, 0.2) is 48.5 Å². The summed E-state index contributed by atoms with van der Waals surface area (Å²) in [6, 6.07) is 16.8. The van der Waals surface area contributed by atoms with Gasteiger partial charge in [0.25, 0.3) is 0 Å². The smallest absolute Gasteiger partial charge is 0.172 e. The summed E-state index contributed by atoms with van der Waals surface area (Å²) >= 11 is 0. The van der Waals surface area contributed by atoms with Crippen molar-refractivity contribution < 1.29 is 14.2 Å². The maximum Gasteiger partial charge on any atom is 0.172 e. The van der Waals surface area contributed by atoms with Crippen LogP contribution < -0.4 is 0 Å². The number of hydrogen-bond acceptors (Lipinski definition) is 4. The van der Waals surface area contributed by atoms with Gasteiger partial charge in [0.1, 0.15) is 0 Å². The van der Waals surface area contributed by atoms with Crippen LogP contribution in [0.3, 0.4) is 0 Å². The summed E-state index contributed by atoms with van der Waals surface area (Å²) in [5.41, 5.74) is 4.75. The van der Waals surface area contributed by atoms with Crippen molar-refractivity contribution in [2.24, 2.45) is 0 Å². The Bertz CT molecular complexity index is 644. The molecule has 1 aliphatic rings. The molecule has 0 bridgehead atoms. The van der Waals surface area contributed by atoms with Gasteiger partial charge in [-0.15, -0.1) is 0 Å². The molecule has 2 aromatic carbocycles. The minimum absolute atomic E-state index is 0.263. The van der Waals surface area contributed by atoms with Crippen LogP contribution in [0.4, 0.5) is 0 Å². The van der Waals surface area contributed by atoms with Crippen molar-refractivity contribution in [3.05, 3.63) is 66.6 Å². The van der Waals surface area contributed by atoms with E-state index in [0.29, 0.717) is 0 Å². The number of hydrogen-bond donors (Lipinski definition) is 0. The number of ether oxygens (including phenoxy) is 3. The van der Waals surface area contributed by atoms with E-state index in [2.05, 4.69) is 48.2 Å². The molecule has 0 N–H and O–H groups in total. The quantitative estimate of drug-likeness (QED) is 0.843. The highest BCUT2D eigenvalue weighted by Crippen LogP contribution is 2.26. The van der Waals surface area contributed by atoms with Crippen LogP contribution in [0.5, 0.6) is 0 Å². The first-order valence-electron chi connectivity index (χ1n) is 8.13. The van der Waals surface area contributed by atoms with Gasteiger partial charge in [-0.25, -0.2) is 0 Å². The molecule has 4 heteroatoms. The number of benzene rings is 2. The van der Waals surface area contributed by atoms with E-state index in [1.54, 1.807) is 14.2 Å². The van der Waals surface area contributed by atoms with Crippen LogP contribution in [0.1, 0.15) is 11.1 Å². The molecule has 1 aliphatic heterocycles. The minimum atomic E-state index is -0.263. The maximum atomic E-state index is 5.69. The van der Waals surface area contributed by atoms with Gasteiger partial charge in [-0.1, -0.05) is 48.5 Å². The predicted molar refractivity (Wildman–Crippen MR) is 94.3 cm³/mol. The van der Waals surface area contributed by atoms with E-state index < -0.39 is 0 Å². The Morgan fingerprint density at radius 3 is 2.25 bits per heavy atom. The van der Waals surface area contributed by atoms with E-state index in [1.807, 2.05) is 12.1 Å². The Labute approximate surface area is 144 Å². The summed E-state index contributed by atoms with van der Waals surface area (Å²) in [4.78, 5) is 2.31. The molecular weight excluding hydrogens is 302 g/mol. The molecule has 1 saturated heterocycles. The zero-order valence-corrected chi connectivity index (χ0v) is 14.3. The van der Waals surface area contributed by atoms with Gasteiger partial charge in [0.2, 0.25) is 0 Å². The van der Waals surface area contributed by atoms with Crippen molar-refractivity contribution in [1.82, 2.24) is 4.90 Å². The van der Waals surface area contributed by atoms with Crippen molar-refractivity contribution in [2.45, 2.75) is 19.1 Å². The van der Waals surface area contributed by atoms with Crippen LogP contribution in [-0.4, -0.2) is 44.8 Å². The second kappa shape index (κ2) is 7.90. The molecule has 1 heterocycles. The first kappa shape index (κ1) is 17.1. The lowest BCUT2D eigenvalue weighted by Gasteiger charge is -2.36. The monoisotopic (exact) mass is 326 g/mol. The van der Waals surface area contributed by atoms with Crippen LogP contribution >= 0.6 is 0 Å². The molecule has 0 saturated carbocycles. The Kier molecular flexibility index (Phi) is 5.63. The lowest BCUT2D eigenvalue weighted by molar-refractivity contribution is -0.267. The Morgan fingerprint density at radius 2 is 1.62 bits per heavy atom. The van der Waals surface area contributed by atoms with E-state index in [-0.39, 0.29) is 12.6 Å². The van der Waals surface area contributed by atoms with Gasteiger partial charge >= 0.3 is 0 Å². The first-order valence-corrected chi connectivity index (χ1v) is 8.13. The van der Waals surface area contributed by atoms with Crippen LogP contribution in [-0.2, 0) is 20.8 Å². The summed E-state index contributed by atoms with van der Waals surface area (Å²) in [6.07, 6.45) is -0.525. The topological polar surface area (TPSA) is 30.9 Å². The summed E-state index contributed by atoms with van der Waals surface area (Å²) < 4.78 is 16.4. The van der Waals surface area contributed by atoms with Gasteiger partial charge in [-0.3, -0.25) is 4.90 Å². The molecule has 24 heavy (non-hydrogen) atoms. The molecular formula is C20H24NO3. The molecule has 0 aromatic heterocycles. The predicted octanol–water partition coefficient (Wildman–Crippen LogP) is 3.31. The fraction of sp³-hybridized carbons (Fsp3) is 0.350. The molecule has 2 atom stereocenters. The third kappa shape index (κ3) is 4.02. The highest BCUT2D eigenvalue weighted by molar-refractivity contribution is 5.67. The zero-order valence-electron chi connectivity index (χ0n) is 14.3. The normalized spacial score (nSPS) is 21.8. The van der Waals surface area contributed by atoms with Crippen molar-refractivity contribution in [2.75, 3.05) is 27.3 Å². The SMILES string of the molecule is [CH2]c1ccc(-c2ccccc2CN2CC(OC)OC(OC)C2)cc1. The van der Waals surface area contributed by atoms with Gasteiger partial charge < -0.3 is 14.2 Å². The highest BCUT2D eigenvalue weighted by Gasteiger charge is 2.28. The van der Waals surface area contributed by atoms with E-state index in [0.717, 1.165) is 25.2 Å². The molecule has 2 unspecified atom stereocenters. The Hall–Kier alpha value is -1.72. The van der Waals surface area contributed by atoms with Gasteiger partial charge in [0.05, 0.1) is 13.1 Å². The summed E-state index contributed by atoms with van der Waals surface area (Å²) in [5.74, 6) is 0. The average Bonchev–Trinajstić information content (AvgIpc) is 2.62. The molecule has 0 aliphatic carbocycles. The van der Waals surface area contributed by atoms with Gasteiger partial charge in [0, 0.05) is 20.8 Å². The second-order valence-corrected chi connectivity index (χ2v) is 6.01. The lowest BCUT2D eigenvalue weighted by atomic mass is 9.98. The average molecular weight is 326 g/mol. The van der Waals surface area contributed by atoms with Crippen molar-refractivity contribution in [3.8, 4) is 11.1 Å². The fourth-order valence-corrected chi connectivity index (χ4v) is 3.01. The van der Waals surface area contributed by atoms with E-state index in [1.165, 1.54) is 16.7 Å². The fourth-order valence-electron chi connectivity index (χ4n) is 3.01. The largest absolute Gasteiger partial charge is 0.354 e. The number of morpholine rings is 1. The maximum absolute atomic E-state index is 5.69. The molecule has 4 nitrogen and oxygen atoms in total. The number of methoxy groups -OCH3 is 2. The van der Waals surface area contributed by atoms with Gasteiger partial charge in [0.15, 0.2) is 12.6 Å². The minimum Gasteiger partial charge on any atom is -0.354 e. The van der Waals surface area contributed by atoms with Gasteiger partial charge in [-0.05, 0) is 29.2 Å². The highest BCUT2D eigenvalue weighted by atomic mass is 16.8. The van der Waals surface area contributed by atoms with Crippen LogP contribution in [0, 0.1) is 6.92 Å². The Balaban J connectivity index is 1.81. The van der Waals surface area contributed by atoms with Crippen molar-refractivity contribution in [1.29, 1.82) is 0 Å². The number of nitrogens with zero attached hydrogens (tertiary/aromatic N) is 1. The molecule has 2 aromatic rings. The summed E-state index contributed by atoms with van der Waals surface area (Å²) in [7, 11) is 3.32. The van der Waals surface area contributed by atoms with Crippen LogP contribution in [0.2, 0.25) is 0 Å². The van der Waals surface area contributed by atoms with Crippen molar-refractivity contribution in [3.63, 3.8) is 0 Å². The zero-order chi connectivity index (χ0) is 16.9. The third-order valence-electron chi connectivity index (χ3n) is 4.32. The van der Waals surface area contributed by atoms with E-state index in [4.69, 9.17) is 14.2 Å². The molecule has 1 radical (unpaired) electrons.